The normalized spacial score (nSPS) is 15.4. The second kappa shape index (κ2) is 11.6. The van der Waals surface area contributed by atoms with Crippen molar-refractivity contribution in [1.29, 1.82) is 0 Å². The number of hydrogen-bond acceptors (Lipinski definition) is 4. The van der Waals surface area contributed by atoms with E-state index in [0.29, 0.717) is 48.7 Å². The number of anilines is 2. The van der Waals surface area contributed by atoms with Crippen LogP contribution in [-0.4, -0.2) is 48.8 Å². The molecule has 0 spiro atoms. The Morgan fingerprint density at radius 3 is 2.26 bits per heavy atom. The SMILES string of the molecule is O=C(NCc1ccc(F)cc1)c1cc(NC(=O)C2CCC2)ccc1N1CCN(C(=O)c2cccc(F)c2)CC1. The molecular weight excluding hydrogens is 502 g/mol. The molecule has 9 heteroatoms. The third-order valence-corrected chi connectivity index (χ3v) is 7.33. The minimum Gasteiger partial charge on any atom is -0.367 e. The van der Waals surface area contributed by atoms with Crippen LogP contribution in [0.2, 0.25) is 0 Å². The maximum atomic E-state index is 13.6. The molecule has 0 bridgehead atoms. The molecule has 3 amide bonds. The molecule has 0 radical (unpaired) electrons. The number of rotatable bonds is 7. The first-order valence-corrected chi connectivity index (χ1v) is 13.1. The van der Waals surface area contributed by atoms with E-state index in [1.165, 1.54) is 30.3 Å². The molecule has 39 heavy (non-hydrogen) atoms. The van der Waals surface area contributed by atoms with Crippen molar-refractivity contribution < 1.29 is 23.2 Å². The molecule has 0 atom stereocenters. The summed E-state index contributed by atoms with van der Waals surface area (Å²) in [6.45, 7) is 1.99. The maximum Gasteiger partial charge on any atom is 0.254 e. The summed E-state index contributed by atoms with van der Waals surface area (Å²) in [5.74, 6) is -1.41. The van der Waals surface area contributed by atoms with Crippen LogP contribution in [0.3, 0.4) is 0 Å². The molecule has 0 aromatic heterocycles. The van der Waals surface area contributed by atoms with Crippen LogP contribution < -0.4 is 15.5 Å². The molecule has 7 nitrogen and oxygen atoms in total. The molecule has 1 aliphatic carbocycles. The van der Waals surface area contributed by atoms with E-state index in [4.69, 9.17) is 0 Å². The number of amides is 3. The Balaban J connectivity index is 1.31. The lowest BCUT2D eigenvalue weighted by Gasteiger charge is -2.37. The highest BCUT2D eigenvalue weighted by molar-refractivity contribution is 6.02. The number of piperazine rings is 1. The van der Waals surface area contributed by atoms with Crippen LogP contribution in [0.4, 0.5) is 20.2 Å². The Hall–Kier alpha value is -4.27. The van der Waals surface area contributed by atoms with E-state index in [1.807, 2.05) is 11.0 Å². The van der Waals surface area contributed by atoms with Gasteiger partial charge in [-0.3, -0.25) is 14.4 Å². The Morgan fingerprint density at radius 2 is 1.59 bits per heavy atom. The molecule has 202 valence electrons. The molecule has 1 heterocycles. The molecule has 5 rings (SSSR count). The lowest BCUT2D eigenvalue weighted by Crippen LogP contribution is -2.49. The highest BCUT2D eigenvalue weighted by Crippen LogP contribution is 2.30. The summed E-state index contributed by atoms with van der Waals surface area (Å²) in [4.78, 5) is 42.4. The van der Waals surface area contributed by atoms with Crippen LogP contribution in [-0.2, 0) is 11.3 Å². The molecule has 2 N–H and O–H groups in total. The van der Waals surface area contributed by atoms with Crippen molar-refractivity contribution in [3.63, 3.8) is 0 Å². The lowest BCUT2D eigenvalue weighted by molar-refractivity contribution is -0.122. The number of nitrogens with one attached hydrogen (secondary N) is 2. The zero-order valence-electron chi connectivity index (χ0n) is 21.5. The van der Waals surface area contributed by atoms with E-state index in [0.717, 1.165) is 24.8 Å². The summed E-state index contributed by atoms with van der Waals surface area (Å²) in [5, 5.41) is 5.82. The van der Waals surface area contributed by atoms with Crippen LogP contribution in [0.5, 0.6) is 0 Å². The lowest BCUT2D eigenvalue weighted by atomic mass is 9.85. The van der Waals surface area contributed by atoms with Crippen LogP contribution in [0, 0.1) is 17.6 Å². The highest BCUT2D eigenvalue weighted by atomic mass is 19.1. The quantitative estimate of drug-likeness (QED) is 0.466. The molecule has 1 saturated heterocycles. The Labute approximate surface area is 225 Å². The van der Waals surface area contributed by atoms with Gasteiger partial charge >= 0.3 is 0 Å². The molecule has 1 aliphatic heterocycles. The average molecular weight is 533 g/mol. The van der Waals surface area contributed by atoms with Crippen molar-refractivity contribution in [2.24, 2.45) is 5.92 Å². The predicted molar refractivity (Wildman–Crippen MR) is 144 cm³/mol. The van der Waals surface area contributed by atoms with Crippen LogP contribution in [0.1, 0.15) is 45.5 Å². The van der Waals surface area contributed by atoms with Gasteiger partial charge in [-0.15, -0.1) is 0 Å². The van der Waals surface area contributed by atoms with Crippen molar-refractivity contribution in [3.05, 3.63) is 95.1 Å². The van der Waals surface area contributed by atoms with Gasteiger partial charge < -0.3 is 20.4 Å². The smallest absolute Gasteiger partial charge is 0.254 e. The molecule has 3 aromatic rings. The summed E-state index contributed by atoms with van der Waals surface area (Å²) in [6.07, 6.45) is 2.78. The number of nitrogens with zero attached hydrogens (tertiary/aromatic N) is 2. The average Bonchev–Trinajstić information content (AvgIpc) is 2.91. The monoisotopic (exact) mass is 532 g/mol. The fraction of sp³-hybridized carbons (Fsp3) is 0.300. The van der Waals surface area contributed by atoms with E-state index < -0.39 is 5.82 Å². The van der Waals surface area contributed by atoms with Crippen molar-refractivity contribution >= 4 is 29.1 Å². The number of hydrogen-bond donors (Lipinski definition) is 2. The molecular formula is C30H30F2N4O3. The van der Waals surface area contributed by atoms with E-state index in [2.05, 4.69) is 10.6 Å². The molecule has 1 saturated carbocycles. The Bertz CT molecular complexity index is 1370. The maximum absolute atomic E-state index is 13.6. The number of carbonyl (C=O) groups is 3. The first kappa shape index (κ1) is 26.3. The van der Waals surface area contributed by atoms with Crippen molar-refractivity contribution in [1.82, 2.24) is 10.2 Å². The minimum absolute atomic E-state index is 0.00383. The Morgan fingerprint density at radius 1 is 0.846 bits per heavy atom. The molecule has 2 aliphatic rings. The van der Waals surface area contributed by atoms with Crippen LogP contribution >= 0.6 is 0 Å². The third kappa shape index (κ3) is 6.25. The predicted octanol–water partition coefficient (Wildman–Crippen LogP) is 4.60. The van der Waals surface area contributed by atoms with Crippen molar-refractivity contribution in [3.8, 4) is 0 Å². The molecule has 2 fully saturated rings. The van der Waals surface area contributed by atoms with Gasteiger partial charge in [0.25, 0.3) is 11.8 Å². The first-order chi connectivity index (χ1) is 18.9. The zero-order chi connectivity index (χ0) is 27.4. The van der Waals surface area contributed by atoms with E-state index in [9.17, 15) is 23.2 Å². The first-order valence-electron chi connectivity index (χ1n) is 13.1. The van der Waals surface area contributed by atoms with Gasteiger partial charge in [0.2, 0.25) is 5.91 Å². The van der Waals surface area contributed by atoms with E-state index in [1.54, 1.807) is 35.2 Å². The van der Waals surface area contributed by atoms with Crippen molar-refractivity contribution in [2.75, 3.05) is 36.4 Å². The summed E-state index contributed by atoms with van der Waals surface area (Å²) < 4.78 is 26.9. The van der Waals surface area contributed by atoms with Gasteiger partial charge in [-0.2, -0.15) is 0 Å². The summed E-state index contributed by atoms with van der Waals surface area (Å²) in [6, 6.07) is 16.8. The second-order valence-corrected chi connectivity index (χ2v) is 9.95. The largest absolute Gasteiger partial charge is 0.367 e. The highest BCUT2D eigenvalue weighted by Gasteiger charge is 2.27. The van der Waals surface area contributed by atoms with Gasteiger partial charge in [0.1, 0.15) is 11.6 Å². The fourth-order valence-corrected chi connectivity index (χ4v) is 4.82. The summed E-state index contributed by atoms with van der Waals surface area (Å²) in [5.41, 5.74) is 2.68. The van der Waals surface area contributed by atoms with E-state index in [-0.39, 0.29) is 36.0 Å². The van der Waals surface area contributed by atoms with Gasteiger partial charge in [0.05, 0.1) is 5.56 Å². The standard InChI is InChI=1S/C30H30F2N4O3/c31-23-9-7-20(8-10-23)19-33-29(38)26-18-25(34-28(37)21-3-1-4-21)11-12-27(26)35-13-15-36(16-14-35)30(39)22-5-2-6-24(32)17-22/h2,5-12,17-18,21H,1,3-4,13-16,19H2,(H,33,38)(H,34,37). The minimum atomic E-state index is -0.458. The Kier molecular flexibility index (Phi) is 7.86. The number of benzene rings is 3. The summed E-state index contributed by atoms with van der Waals surface area (Å²) in [7, 11) is 0. The third-order valence-electron chi connectivity index (χ3n) is 7.33. The van der Waals surface area contributed by atoms with Gasteiger partial charge in [0.15, 0.2) is 0 Å². The fourth-order valence-electron chi connectivity index (χ4n) is 4.82. The second-order valence-electron chi connectivity index (χ2n) is 9.95. The van der Waals surface area contributed by atoms with Crippen molar-refractivity contribution in [2.45, 2.75) is 25.8 Å². The van der Waals surface area contributed by atoms with Crippen LogP contribution in [0.25, 0.3) is 0 Å². The van der Waals surface area contributed by atoms with Gasteiger partial charge in [0, 0.05) is 55.6 Å². The topological polar surface area (TPSA) is 81.8 Å². The van der Waals surface area contributed by atoms with E-state index >= 15 is 0 Å². The van der Waals surface area contributed by atoms with Gasteiger partial charge in [-0.05, 0) is 66.9 Å². The number of halogens is 2. The molecule has 3 aromatic carbocycles. The van der Waals surface area contributed by atoms with Gasteiger partial charge in [-0.1, -0.05) is 24.6 Å². The van der Waals surface area contributed by atoms with Gasteiger partial charge in [-0.25, -0.2) is 8.78 Å². The molecule has 0 unspecified atom stereocenters. The summed E-state index contributed by atoms with van der Waals surface area (Å²) >= 11 is 0. The zero-order valence-corrected chi connectivity index (χ0v) is 21.5. The van der Waals surface area contributed by atoms with Crippen LogP contribution in [0.15, 0.2) is 66.7 Å². The number of carbonyl (C=O) groups excluding carboxylic acids is 3.